The van der Waals surface area contributed by atoms with Gasteiger partial charge in [0.1, 0.15) is 0 Å². The summed E-state index contributed by atoms with van der Waals surface area (Å²) in [4.78, 5) is 5.18. The highest BCUT2D eigenvalue weighted by Gasteiger charge is 2.16. The molecule has 1 aliphatic rings. The fourth-order valence-electron chi connectivity index (χ4n) is 4.03. The van der Waals surface area contributed by atoms with Crippen molar-refractivity contribution in [3.63, 3.8) is 0 Å². The summed E-state index contributed by atoms with van der Waals surface area (Å²) in [7, 11) is 0. The fourth-order valence-corrected chi connectivity index (χ4v) is 4.03. The molecule has 1 rings (SSSR count). The van der Waals surface area contributed by atoms with E-state index in [1.165, 1.54) is 136 Å². The van der Waals surface area contributed by atoms with E-state index in [0.29, 0.717) is 0 Å². The lowest BCUT2D eigenvalue weighted by Gasteiger charge is -2.16. The Kier molecular flexibility index (Phi) is 15.9. The van der Waals surface area contributed by atoms with E-state index in [9.17, 15) is 0 Å². The smallest absolute Gasteiger partial charge is 0.0507 e. The first kappa shape index (κ1) is 23.0. The van der Waals surface area contributed by atoms with Crippen LogP contribution in [-0.4, -0.2) is 42.6 Å². The van der Waals surface area contributed by atoms with Gasteiger partial charge in [-0.3, -0.25) is 9.80 Å². The molecule has 0 aromatic rings. The van der Waals surface area contributed by atoms with Gasteiger partial charge in [-0.1, -0.05) is 110 Å². The summed E-state index contributed by atoms with van der Waals surface area (Å²) in [6.07, 6.45) is 23.4. The second kappa shape index (κ2) is 17.3. The zero-order chi connectivity index (χ0) is 18.0. The van der Waals surface area contributed by atoms with Crippen molar-refractivity contribution in [2.45, 2.75) is 117 Å². The second-order valence-electron chi connectivity index (χ2n) is 8.27. The van der Waals surface area contributed by atoms with Gasteiger partial charge in [-0.05, 0) is 19.5 Å². The Hall–Kier alpha value is -0.0800. The fraction of sp³-hybridized carbons (Fsp3) is 1.00. The summed E-state index contributed by atoms with van der Waals surface area (Å²) in [5.41, 5.74) is 0. The van der Waals surface area contributed by atoms with Crippen LogP contribution in [0.1, 0.15) is 117 Å². The van der Waals surface area contributed by atoms with E-state index in [4.69, 9.17) is 0 Å². The number of hydrogen-bond donors (Lipinski definition) is 0. The molecule has 1 heterocycles. The Labute approximate surface area is 159 Å². The number of likely N-dealkylation sites (N-methyl/N-ethyl adjacent to an activating group) is 1. The van der Waals surface area contributed by atoms with Crippen LogP contribution in [0.5, 0.6) is 0 Å². The maximum absolute atomic E-state index is 2.63. The average molecular weight is 353 g/mol. The zero-order valence-corrected chi connectivity index (χ0v) is 17.7. The average Bonchev–Trinajstić information content (AvgIpc) is 3.09. The van der Waals surface area contributed by atoms with E-state index in [2.05, 4.69) is 23.6 Å². The molecule has 2 heteroatoms. The minimum atomic E-state index is 1.22. The molecule has 1 fully saturated rings. The number of rotatable bonds is 18. The van der Waals surface area contributed by atoms with Gasteiger partial charge < -0.3 is 0 Å². The maximum atomic E-state index is 2.63. The topological polar surface area (TPSA) is 6.48 Å². The molecule has 0 bridgehead atoms. The molecule has 0 aliphatic carbocycles. The molecule has 2 nitrogen and oxygen atoms in total. The second-order valence-corrected chi connectivity index (χ2v) is 8.27. The SMILES string of the molecule is CCCCCCCCCCCCCCCCCCN1CCN(CC)C1. The maximum Gasteiger partial charge on any atom is 0.0507 e. The van der Waals surface area contributed by atoms with E-state index in [-0.39, 0.29) is 0 Å². The molecule has 0 N–H and O–H groups in total. The highest BCUT2D eigenvalue weighted by Crippen LogP contribution is 2.14. The first-order valence-electron chi connectivity index (χ1n) is 11.8. The zero-order valence-electron chi connectivity index (χ0n) is 17.7. The van der Waals surface area contributed by atoms with Crippen molar-refractivity contribution < 1.29 is 0 Å². The standard InChI is InChI=1S/C23H48N2/c1-3-5-6-7-8-9-10-11-12-13-14-15-16-17-18-19-20-25-22-21-24(4-2)23-25/h3-23H2,1-2H3. The van der Waals surface area contributed by atoms with Gasteiger partial charge in [0, 0.05) is 13.1 Å². The van der Waals surface area contributed by atoms with E-state index in [0.717, 1.165) is 0 Å². The van der Waals surface area contributed by atoms with Crippen LogP contribution in [0.3, 0.4) is 0 Å². The van der Waals surface area contributed by atoms with E-state index >= 15 is 0 Å². The summed E-state index contributed by atoms with van der Waals surface area (Å²) < 4.78 is 0. The van der Waals surface area contributed by atoms with Crippen LogP contribution in [-0.2, 0) is 0 Å². The van der Waals surface area contributed by atoms with Gasteiger partial charge in [0.15, 0.2) is 0 Å². The number of hydrogen-bond acceptors (Lipinski definition) is 2. The minimum Gasteiger partial charge on any atom is -0.289 e. The molecular formula is C23H48N2. The van der Waals surface area contributed by atoms with E-state index < -0.39 is 0 Å². The van der Waals surface area contributed by atoms with Crippen molar-refractivity contribution in [1.82, 2.24) is 9.80 Å². The van der Waals surface area contributed by atoms with Crippen molar-refractivity contribution in [1.29, 1.82) is 0 Å². The van der Waals surface area contributed by atoms with Crippen LogP contribution >= 0.6 is 0 Å². The first-order valence-corrected chi connectivity index (χ1v) is 11.8. The van der Waals surface area contributed by atoms with Gasteiger partial charge in [0.2, 0.25) is 0 Å². The van der Waals surface area contributed by atoms with Crippen molar-refractivity contribution in [3.8, 4) is 0 Å². The lowest BCUT2D eigenvalue weighted by Crippen LogP contribution is -2.26. The van der Waals surface area contributed by atoms with Gasteiger partial charge in [-0.15, -0.1) is 0 Å². The Balaban J connectivity index is 1.68. The highest BCUT2D eigenvalue weighted by atomic mass is 15.4. The summed E-state index contributed by atoms with van der Waals surface area (Å²) in [6, 6.07) is 0. The van der Waals surface area contributed by atoms with E-state index in [1.54, 1.807) is 0 Å². The van der Waals surface area contributed by atoms with Gasteiger partial charge >= 0.3 is 0 Å². The van der Waals surface area contributed by atoms with E-state index in [1.807, 2.05) is 0 Å². The van der Waals surface area contributed by atoms with Gasteiger partial charge in [-0.2, -0.15) is 0 Å². The summed E-state index contributed by atoms with van der Waals surface area (Å²) in [6.45, 7) is 10.9. The molecule has 0 atom stereocenters. The Morgan fingerprint density at radius 3 is 1.28 bits per heavy atom. The first-order chi connectivity index (χ1) is 12.4. The molecule has 0 aromatic heterocycles. The van der Waals surface area contributed by atoms with Crippen LogP contribution in [0, 0.1) is 0 Å². The highest BCUT2D eigenvalue weighted by molar-refractivity contribution is 4.69. The quantitative estimate of drug-likeness (QED) is 0.249. The van der Waals surface area contributed by atoms with Crippen molar-refractivity contribution in [2.75, 3.05) is 32.8 Å². The third kappa shape index (κ3) is 13.7. The minimum absolute atomic E-state index is 1.22. The van der Waals surface area contributed by atoms with Crippen LogP contribution in [0.25, 0.3) is 0 Å². The normalized spacial score (nSPS) is 16.1. The predicted molar refractivity (Wildman–Crippen MR) is 113 cm³/mol. The molecule has 0 saturated carbocycles. The molecule has 25 heavy (non-hydrogen) atoms. The predicted octanol–water partition coefficient (Wildman–Crippen LogP) is 6.84. The monoisotopic (exact) mass is 352 g/mol. The molecule has 1 saturated heterocycles. The van der Waals surface area contributed by atoms with Crippen LogP contribution in [0.2, 0.25) is 0 Å². The molecule has 0 amide bonds. The molecule has 0 unspecified atom stereocenters. The Morgan fingerprint density at radius 2 is 0.880 bits per heavy atom. The van der Waals surface area contributed by atoms with Gasteiger partial charge in [0.25, 0.3) is 0 Å². The number of unbranched alkanes of at least 4 members (excludes halogenated alkanes) is 15. The molecule has 1 aliphatic heterocycles. The lowest BCUT2D eigenvalue weighted by atomic mass is 10.0. The van der Waals surface area contributed by atoms with Crippen molar-refractivity contribution >= 4 is 0 Å². The molecule has 0 spiro atoms. The van der Waals surface area contributed by atoms with Crippen LogP contribution in [0.4, 0.5) is 0 Å². The molecular weight excluding hydrogens is 304 g/mol. The van der Waals surface area contributed by atoms with Gasteiger partial charge in [0.05, 0.1) is 6.67 Å². The third-order valence-corrected chi connectivity index (χ3v) is 5.91. The number of nitrogens with zero attached hydrogens (tertiary/aromatic N) is 2. The Morgan fingerprint density at radius 1 is 0.480 bits per heavy atom. The van der Waals surface area contributed by atoms with Crippen LogP contribution < -0.4 is 0 Å². The summed E-state index contributed by atoms with van der Waals surface area (Å²) in [5.74, 6) is 0. The Bertz CT molecular complexity index is 267. The third-order valence-electron chi connectivity index (χ3n) is 5.91. The molecule has 150 valence electrons. The molecule has 0 aromatic carbocycles. The van der Waals surface area contributed by atoms with Gasteiger partial charge in [-0.25, -0.2) is 0 Å². The molecule has 0 radical (unpaired) electrons. The largest absolute Gasteiger partial charge is 0.289 e. The van der Waals surface area contributed by atoms with Crippen LogP contribution in [0.15, 0.2) is 0 Å². The lowest BCUT2D eigenvalue weighted by molar-refractivity contribution is 0.249. The summed E-state index contributed by atoms with van der Waals surface area (Å²) >= 11 is 0. The van der Waals surface area contributed by atoms with Crippen molar-refractivity contribution in [2.24, 2.45) is 0 Å². The van der Waals surface area contributed by atoms with Crippen molar-refractivity contribution in [3.05, 3.63) is 0 Å². The summed E-state index contributed by atoms with van der Waals surface area (Å²) in [5, 5.41) is 0.